The van der Waals surface area contributed by atoms with Gasteiger partial charge in [0.2, 0.25) is 0 Å². The van der Waals surface area contributed by atoms with Crippen molar-refractivity contribution in [1.82, 2.24) is 0 Å². The van der Waals surface area contributed by atoms with Crippen LogP contribution in [-0.2, 0) is 28.5 Å². The van der Waals surface area contributed by atoms with Crippen molar-refractivity contribution in [1.29, 1.82) is 0 Å². The number of hydrogen-bond donors (Lipinski definition) is 1. The molecule has 1 fully saturated rings. The highest BCUT2D eigenvalue weighted by Crippen LogP contribution is 2.26. The smallest absolute Gasteiger partial charge is 0.309 e. The summed E-state index contributed by atoms with van der Waals surface area (Å²) in [5.74, 6) is -0.873. The number of carbonyl (C=O) groups is 2. The minimum atomic E-state index is -1.08. The monoisotopic (exact) mass is 430 g/mol. The second-order valence-electron chi connectivity index (χ2n) is 8.22. The van der Waals surface area contributed by atoms with E-state index in [0.29, 0.717) is 0 Å². The standard InChI is InChI=1S/C23H42O7/c1-6-10-16(11-7-2)22(25)28-15-19-21(24)18(14-20(27-5)29-19)30-23(26)17(12-8-3)13-9-4/h16-21,24H,6-15H2,1-5H3. The van der Waals surface area contributed by atoms with Gasteiger partial charge in [-0.2, -0.15) is 0 Å². The minimum Gasteiger partial charge on any atom is -0.463 e. The summed E-state index contributed by atoms with van der Waals surface area (Å²) in [5, 5.41) is 10.7. The van der Waals surface area contributed by atoms with Crippen molar-refractivity contribution < 1.29 is 33.6 Å². The number of aliphatic hydroxyl groups excluding tert-OH is 1. The van der Waals surface area contributed by atoms with E-state index in [1.54, 1.807) is 0 Å². The molecule has 0 aliphatic carbocycles. The zero-order valence-corrected chi connectivity index (χ0v) is 19.4. The van der Waals surface area contributed by atoms with Gasteiger partial charge in [-0.15, -0.1) is 0 Å². The molecule has 0 spiro atoms. The number of carbonyl (C=O) groups excluding carboxylic acids is 2. The molecule has 0 radical (unpaired) electrons. The molecule has 7 nitrogen and oxygen atoms in total. The molecule has 4 atom stereocenters. The Morgan fingerprint density at radius 3 is 1.90 bits per heavy atom. The number of ether oxygens (including phenoxy) is 4. The number of methoxy groups -OCH3 is 1. The highest BCUT2D eigenvalue weighted by atomic mass is 16.7. The fraction of sp³-hybridized carbons (Fsp3) is 0.913. The van der Waals surface area contributed by atoms with E-state index in [4.69, 9.17) is 18.9 Å². The van der Waals surface area contributed by atoms with Crippen LogP contribution in [0.25, 0.3) is 0 Å². The first-order valence-corrected chi connectivity index (χ1v) is 11.6. The number of hydrogen-bond acceptors (Lipinski definition) is 7. The summed E-state index contributed by atoms with van der Waals surface area (Å²) >= 11 is 0. The van der Waals surface area contributed by atoms with Crippen LogP contribution < -0.4 is 0 Å². The van der Waals surface area contributed by atoms with Crippen LogP contribution in [0.1, 0.15) is 85.5 Å². The van der Waals surface area contributed by atoms with Gasteiger partial charge in [0.05, 0.1) is 11.8 Å². The van der Waals surface area contributed by atoms with E-state index in [1.165, 1.54) is 7.11 Å². The van der Waals surface area contributed by atoms with Gasteiger partial charge in [-0.05, 0) is 25.7 Å². The molecule has 0 amide bonds. The Bertz CT molecular complexity index is 484. The van der Waals surface area contributed by atoms with Crippen molar-refractivity contribution in [3.63, 3.8) is 0 Å². The van der Waals surface area contributed by atoms with Crippen molar-refractivity contribution in [2.45, 2.75) is 110 Å². The summed E-state index contributed by atoms with van der Waals surface area (Å²) in [5.41, 5.74) is 0. The lowest BCUT2D eigenvalue weighted by molar-refractivity contribution is -0.256. The van der Waals surface area contributed by atoms with Gasteiger partial charge in [0, 0.05) is 13.5 Å². The molecule has 0 aromatic carbocycles. The Kier molecular flexibility index (Phi) is 13.2. The predicted octanol–water partition coefficient (Wildman–Crippen LogP) is 4.00. The molecule has 0 aromatic rings. The first kappa shape index (κ1) is 26.9. The number of aliphatic hydroxyl groups is 1. The average molecular weight is 431 g/mol. The maximum absolute atomic E-state index is 12.6. The molecule has 1 saturated heterocycles. The zero-order valence-electron chi connectivity index (χ0n) is 19.4. The third-order valence-electron chi connectivity index (χ3n) is 5.65. The SMILES string of the molecule is CCCC(CCC)C(=O)OCC1OC(OC)CC(OC(=O)C(CCC)CCC)C1O. The van der Waals surface area contributed by atoms with Crippen molar-refractivity contribution in [3.05, 3.63) is 0 Å². The summed E-state index contributed by atoms with van der Waals surface area (Å²) in [6.07, 6.45) is 3.66. The Morgan fingerprint density at radius 2 is 1.43 bits per heavy atom. The molecular weight excluding hydrogens is 388 g/mol. The normalized spacial score (nSPS) is 24.3. The van der Waals surface area contributed by atoms with Crippen molar-refractivity contribution in [3.8, 4) is 0 Å². The van der Waals surface area contributed by atoms with Crippen LogP contribution in [0.3, 0.4) is 0 Å². The molecule has 0 aromatic heterocycles. The molecule has 4 unspecified atom stereocenters. The van der Waals surface area contributed by atoms with Gasteiger partial charge >= 0.3 is 11.9 Å². The van der Waals surface area contributed by atoms with Crippen molar-refractivity contribution in [2.24, 2.45) is 11.8 Å². The van der Waals surface area contributed by atoms with Gasteiger partial charge in [-0.1, -0.05) is 53.4 Å². The predicted molar refractivity (Wildman–Crippen MR) is 114 cm³/mol. The van der Waals surface area contributed by atoms with Crippen molar-refractivity contribution >= 4 is 11.9 Å². The molecule has 1 N–H and O–H groups in total. The topological polar surface area (TPSA) is 91.3 Å². The second kappa shape index (κ2) is 14.8. The summed E-state index contributed by atoms with van der Waals surface area (Å²) < 4.78 is 22.2. The Balaban J connectivity index is 2.74. The fourth-order valence-corrected chi connectivity index (χ4v) is 3.99. The third kappa shape index (κ3) is 8.52. The molecule has 0 bridgehead atoms. The summed E-state index contributed by atoms with van der Waals surface area (Å²) in [7, 11) is 1.50. The van der Waals surface area contributed by atoms with Gasteiger partial charge in [0.25, 0.3) is 0 Å². The van der Waals surface area contributed by atoms with Crippen LogP contribution in [-0.4, -0.2) is 55.4 Å². The summed E-state index contributed by atoms with van der Waals surface area (Å²) in [6, 6.07) is 0. The van der Waals surface area contributed by atoms with Crippen molar-refractivity contribution in [2.75, 3.05) is 13.7 Å². The molecule has 1 aliphatic heterocycles. The zero-order chi connectivity index (χ0) is 22.5. The molecule has 0 saturated carbocycles. The van der Waals surface area contributed by atoms with E-state index < -0.39 is 24.6 Å². The first-order valence-electron chi connectivity index (χ1n) is 11.6. The summed E-state index contributed by atoms with van der Waals surface area (Å²) in [4.78, 5) is 25.1. The lowest BCUT2D eigenvalue weighted by Gasteiger charge is -2.38. The molecule has 1 aliphatic rings. The lowest BCUT2D eigenvalue weighted by atomic mass is 9.97. The van der Waals surface area contributed by atoms with Crippen LogP contribution in [0.5, 0.6) is 0 Å². The van der Waals surface area contributed by atoms with Crippen LogP contribution in [0.4, 0.5) is 0 Å². The van der Waals surface area contributed by atoms with Gasteiger partial charge in [-0.25, -0.2) is 0 Å². The van der Waals surface area contributed by atoms with Gasteiger partial charge in [0.15, 0.2) is 6.29 Å². The van der Waals surface area contributed by atoms with E-state index >= 15 is 0 Å². The van der Waals surface area contributed by atoms with Crippen LogP contribution in [0.15, 0.2) is 0 Å². The Hall–Kier alpha value is -1.18. The maximum Gasteiger partial charge on any atom is 0.309 e. The molecule has 1 rings (SSSR count). The molecule has 1 heterocycles. The minimum absolute atomic E-state index is 0.0921. The fourth-order valence-electron chi connectivity index (χ4n) is 3.99. The van der Waals surface area contributed by atoms with E-state index in [2.05, 4.69) is 0 Å². The molecular formula is C23H42O7. The lowest BCUT2D eigenvalue weighted by Crippen LogP contribution is -2.52. The van der Waals surface area contributed by atoms with Crippen LogP contribution in [0.2, 0.25) is 0 Å². The third-order valence-corrected chi connectivity index (χ3v) is 5.65. The average Bonchev–Trinajstić information content (AvgIpc) is 2.73. The first-order chi connectivity index (χ1) is 14.4. The van der Waals surface area contributed by atoms with Crippen LogP contribution >= 0.6 is 0 Å². The van der Waals surface area contributed by atoms with E-state index in [0.717, 1.165) is 51.4 Å². The van der Waals surface area contributed by atoms with Gasteiger partial charge < -0.3 is 24.1 Å². The summed E-state index contributed by atoms with van der Waals surface area (Å²) in [6.45, 7) is 8.06. The maximum atomic E-state index is 12.6. The quantitative estimate of drug-likeness (QED) is 0.417. The van der Waals surface area contributed by atoms with E-state index in [9.17, 15) is 14.7 Å². The van der Waals surface area contributed by atoms with Gasteiger partial charge in [0.1, 0.15) is 24.9 Å². The van der Waals surface area contributed by atoms with E-state index in [-0.39, 0.29) is 36.8 Å². The second-order valence-corrected chi connectivity index (χ2v) is 8.22. The largest absolute Gasteiger partial charge is 0.463 e. The Morgan fingerprint density at radius 1 is 0.933 bits per heavy atom. The van der Waals surface area contributed by atoms with Gasteiger partial charge in [-0.3, -0.25) is 9.59 Å². The Labute approximate surface area is 181 Å². The number of rotatable bonds is 14. The number of esters is 2. The molecule has 176 valence electrons. The highest BCUT2D eigenvalue weighted by molar-refractivity contribution is 5.73. The molecule has 7 heteroatoms. The highest BCUT2D eigenvalue weighted by Gasteiger charge is 2.41. The van der Waals surface area contributed by atoms with Crippen LogP contribution in [0, 0.1) is 11.8 Å². The molecule has 30 heavy (non-hydrogen) atoms. The van der Waals surface area contributed by atoms with E-state index in [1.807, 2.05) is 27.7 Å².